The van der Waals surface area contributed by atoms with Crippen molar-refractivity contribution in [2.75, 3.05) is 12.8 Å². The molecule has 1 heterocycles. The van der Waals surface area contributed by atoms with Crippen LogP contribution in [0.4, 0.5) is 0 Å². The molecule has 0 unspecified atom stereocenters. The van der Waals surface area contributed by atoms with Crippen molar-refractivity contribution in [2.45, 2.75) is 6.42 Å². The van der Waals surface area contributed by atoms with E-state index in [1.54, 1.807) is 24.3 Å². The molecule has 96 valence electrons. The molecule has 2 N–H and O–H groups in total. The lowest BCUT2D eigenvalue weighted by atomic mass is 10.2. The van der Waals surface area contributed by atoms with Gasteiger partial charge in [-0.15, -0.1) is 0 Å². The number of benzene rings is 1. The van der Waals surface area contributed by atoms with Crippen LogP contribution in [-0.4, -0.2) is 31.2 Å². The van der Waals surface area contributed by atoms with Gasteiger partial charge in [0.05, 0.1) is 17.2 Å². The van der Waals surface area contributed by atoms with E-state index < -0.39 is 10.0 Å². The van der Waals surface area contributed by atoms with Crippen LogP contribution in [0.25, 0.3) is 10.9 Å². The summed E-state index contributed by atoms with van der Waals surface area (Å²) in [6.07, 6.45) is 1.43. The summed E-state index contributed by atoms with van der Waals surface area (Å²) in [6.45, 7) is 0.208. The zero-order valence-electron chi connectivity index (χ0n) is 9.80. The van der Waals surface area contributed by atoms with Gasteiger partial charge in [-0.05, 0) is 12.1 Å². The van der Waals surface area contributed by atoms with Gasteiger partial charge >= 0.3 is 0 Å². The Balaban J connectivity index is 2.22. The molecule has 6 nitrogen and oxygen atoms in total. The summed E-state index contributed by atoms with van der Waals surface area (Å²) in [5, 5.41) is 0.525. The smallest absolute Gasteiger partial charge is 0.258 e. The lowest BCUT2D eigenvalue weighted by molar-refractivity contribution is 0.587. The van der Waals surface area contributed by atoms with E-state index in [1.807, 2.05) is 0 Å². The third kappa shape index (κ3) is 3.14. The maximum Gasteiger partial charge on any atom is 0.258 e. The van der Waals surface area contributed by atoms with Gasteiger partial charge in [0.1, 0.15) is 5.82 Å². The normalized spacial score (nSPS) is 11.8. The SMILES string of the molecule is CS(=O)(=O)NCCc1nc2ccccc2c(=O)[nH]1. The first-order valence-electron chi connectivity index (χ1n) is 5.38. The van der Waals surface area contributed by atoms with Crippen molar-refractivity contribution in [3.8, 4) is 0 Å². The Labute approximate surface area is 104 Å². The lowest BCUT2D eigenvalue weighted by Gasteiger charge is -2.03. The van der Waals surface area contributed by atoms with Crippen LogP contribution >= 0.6 is 0 Å². The highest BCUT2D eigenvalue weighted by Gasteiger charge is 2.04. The van der Waals surface area contributed by atoms with Crippen LogP contribution in [0.1, 0.15) is 5.82 Å². The first kappa shape index (κ1) is 12.7. The van der Waals surface area contributed by atoms with Gasteiger partial charge in [-0.1, -0.05) is 12.1 Å². The Morgan fingerprint density at radius 2 is 2.06 bits per heavy atom. The Bertz CT molecular complexity index is 722. The Morgan fingerprint density at radius 3 is 2.78 bits per heavy atom. The second-order valence-corrected chi connectivity index (χ2v) is 5.78. The fraction of sp³-hybridized carbons (Fsp3) is 0.273. The first-order chi connectivity index (χ1) is 8.46. The minimum Gasteiger partial charge on any atom is -0.310 e. The van der Waals surface area contributed by atoms with E-state index in [9.17, 15) is 13.2 Å². The molecule has 0 saturated carbocycles. The molecule has 0 amide bonds. The summed E-state index contributed by atoms with van der Waals surface area (Å²) < 4.78 is 24.1. The highest BCUT2D eigenvalue weighted by molar-refractivity contribution is 7.88. The largest absolute Gasteiger partial charge is 0.310 e. The third-order valence-electron chi connectivity index (χ3n) is 2.39. The number of hydrogen-bond donors (Lipinski definition) is 2. The molecule has 0 aliphatic rings. The van der Waals surface area contributed by atoms with Gasteiger partial charge in [0, 0.05) is 13.0 Å². The van der Waals surface area contributed by atoms with E-state index in [1.165, 1.54) is 0 Å². The Hall–Kier alpha value is -1.73. The van der Waals surface area contributed by atoms with Crippen molar-refractivity contribution in [1.29, 1.82) is 0 Å². The van der Waals surface area contributed by atoms with Gasteiger partial charge in [-0.2, -0.15) is 0 Å². The number of sulfonamides is 1. The molecule has 0 spiro atoms. The lowest BCUT2D eigenvalue weighted by Crippen LogP contribution is -2.25. The number of fused-ring (bicyclic) bond motifs is 1. The average molecular weight is 267 g/mol. The van der Waals surface area contributed by atoms with Crippen molar-refractivity contribution in [2.24, 2.45) is 0 Å². The van der Waals surface area contributed by atoms with Crippen LogP contribution in [0.15, 0.2) is 29.1 Å². The molecule has 0 bridgehead atoms. The number of rotatable bonds is 4. The molecule has 1 aromatic heterocycles. The standard InChI is InChI=1S/C11H13N3O3S/c1-18(16,17)12-7-6-10-13-9-5-3-2-4-8(9)11(15)14-10/h2-5,12H,6-7H2,1H3,(H,13,14,15). The fourth-order valence-electron chi connectivity index (χ4n) is 1.61. The first-order valence-corrected chi connectivity index (χ1v) is 7.27. The molecular weight excluding hydrogens is 254 g/mol. The van der Waals surface area contributed by atoms with E-state index in [2.05, 4.69) is 14.7 Å². The number of aromatic nitrogens is 2. The summed E-state index contributed by atoms with van der Waals surface area (Å²) in [4.78, 5) is 18.6. The van der Waals surface area contributed by atoms with Crippen LogP contribution in [0.5, 0.6) is 0 Å². The Kier molecular flexibility index (Phi) is 3.44. The topological polar surface area (TPSA) is 91.9 Å². The van der Waals surface area contributed by atoms with E-state index in [-0.39, 0.29) is 12.1 Å². The predicted octanol–water partition coefficient (Wildman–Crippen LogP) is 0.0148. The molecule has 0 atom stereocenters. The molecule has 1 aromatic carbocycles. The van der Waals surface area contributed by atoms with Crippen molar-refractivity contribution >= 4 is 20.9 Å². The zero-order chi connectivity index (χ0) is 13.2. The predicted molar refractivity (Wildman–Crippen MR) is 68.9 cm³/mol. The van der Waals surface area contributed by atoms with Crippen LogP contribution in [-0.2, 0) is 16.4 Å². The number of H-pyrrole nitrogens is 1. The highest BCUT2D eigenvalue weighted by atomic mass is 32.2. The average Bonchev–Trinajstić information content (AvgIpc) is 2.27. The maximum absolute atomic E-state index is 11.7. The third-order valence-corrected chi connectivity index (χ3v) is 3.12. The van der Waals surface area contributed by atoms with Crippen molar-refractivity contribution in [3.63, 3.8) is 0 Å². The van der Waals surface area contributed by atoms with Crippen LogP contribution in [0, 0.1) is 0 Å². The van der Waals surface area contributed by atoms with E-state index in [0.717, 1.165) is 6.26 Å². The van der Waals surface area contributed by atoms with Crippen molar-refractivity contribution in [3.05, 3.63) is 40.4 Å². The summed E-state index contributed by atoms with van der Waals surface area (Å²) in [5.74, 6) is 0.467. The van der Waals surface area contributed by atoms with Gasteiger partial charge in [0.15, 0.2) is 0 Å². The van der Waals surface area contributed by atoms with E-state index in [0.29, 0.717) is 23.1 Å². The second-order valence-electron chi connectivity index (χ2n) is 3.95. The fourth-order valence-corrected chi connectivity index (χ4v) is 2.08. The minimum absolute atomic E-state index is 0.208. The van der Waals surface area contributed by atoms with E-state index in [4.69, 9.17) is 0 Å². The number of nitrogens with zero attached hydrogens (tertiary/aromatic N) is 1. The van der Waals surface area contributed by atoms with Gasteiger partial charge < -0.3 is 4.98 Å². The molecule has 2 rings (SSSR count). The van der Waals surface area contributed by atoms with Crippen LogP contribution in [0.2, 0.25) is 0 Å². The van der Waals surface area contributed by atoms with Crippen molar-refractivity contribution in [1.82, 2.24) is 14.7 Å². The summed E-state index contributed by atoms with van der Waals surface area (Å²) >= 11 is 0. The molecule has 2 aromatic rings. The minimum atomic E-state index is -3.22. The molecule has 0 aliphatic carbocycles. The van der Waals surface area contributed by atoms with Gasteiger partial charge in [-0.3, -0.25) is 4.79 Å². The maximum atomic E-state index is 11.7. The van der Waals surface area contributed by atoms with Gasteiger partial charge in [0.2, 0.25) is 10.0 Å². The summed E-state index contributed by atoms with van der Waals surface area (Å²) in [7, 11) is -3.22. The highest BCUT2D eigenvalue weighted by Crippen LogP contribution is 2.05. The Morgan fingerprint density at radius 1 is 1.33 bits per heavy atom. The second kappa shape index (κ2) is 4.87. The number of nitrogens with one attached hydrogen (secondary N) is 2. The van der Waals surface area contributed by atoms with Crippen LogP contribution < -0.4 is 10.3 Å². The zero-order valence-corrected chi connectivity index (χ0v) is 10.6. The molecule has 0 radical (unpaired) electrons. The number of aromatic amines is 1. The number of para-hydroxylation sites is 1. The number of hydrogen-bond acceptors (Lipinski definition) is 4. The molecule has 18 heavy (non-hydrogen) atoms. The molecular formula is C11H13N3O3S. The van der Waals surface area contributed by atoms with Crippen molar-refractivity contribution < 1.29 is 8.42 Å². The molecule has 0 aliphatic heterocycles. The quantitative estimate of drug-likeness (QED) is 0.816. The summed E-state index contributed by atoms with van der Waals surface area (Å²) in [6, 6.07) is 7.01. The van der Waals surface area contributed by atoms with E-state index >= 15 is 0 Å². The van der Waals surface area contributed by atoms with Gasteiger partial charge in [0.25, 0.3) is 5.56 Å². The monoisotopic (exact) mass is 267 g/mol. The summed E-state index contributed by atoms with van der Waals surface area (Å²) in [5.41, 5.74) is 0.394. The molecule has 0 saturated heterocycles. The van der Waals surface area contributed by atoms with Crippen LogP contribution in [0.3, 0.4) is 0 Å². The van der Waals surface area contributed by atoms with Gasteiger partial charge in [-0.25, -0.2) is 18.1 Å². The molecule has 7 heteroatoms. The molecule has 0 fully saturated rings.